The standard InChI is InChI=1S/C24H22ClN3S/c1-18-9-15-22(16-10-18)28-23(20-11-13-21(25)14-12-20)26-27-24(28)29-17-5-8-19-6-3-2-4-7-19/h2-4,6-7,9-16H,5,8,17H2,1H3. The van der Waals surface area contributed by atoms with Crippen LogP contribution in [0.4, 0.5) is 0 Å². The lowest BCUT2D eigenvalue weighted by atomic mass is 10.1. The summed E-state index contributed by atoms with van der Waals surface area (Å²) in [7, 11) is 0. The monoisotopic (exact) mass is 419 g/mol. The molecule has 1 heterocycles. The normalized spacial score (nSPS) is 11.0. The molecule has 0 radical (unpaired) electrons. The summed E-state index contributed by atoms with van der Waals surface area (Å²) in [6.07, 6.45) is 2.16. The quantitative estimate of drug-likeness (QED) is 0.249. The fraction of sp³-hybridized carbons (Fsp3) is 0.167. The second kappa shape index (κ2) is 9.29. The van der Waals surface area contributed by atoms with Gasteiger partial charge < -0.3 is 0 Å². The van der Waals surface area contributed by atoms with E-state index in [0.717, 1.165) is 40.8 Å². The molecule has 0 aliphatic rings. The Morgan fingerprint density at radius 3 is 2.31 bits per heavy atom. The van der Waals surface area contributed by atoms with Gasteiger partial charge in [0, 0.05) is 22.0 Å². The lowest BCUT2D eigenvalue weighted by Crippen LogP contribution is -2.00. The Morgan fingerprint density at radius 1 is 0.862 bits per heavy atom. The highest BCUT2D eigenvalue weighted by Crippen LogP contribution is 2.29. The molecule has 0 bridgehead atoms. The van der Waals surface area contributed by atoms with Crippen molar-refractivity contribution in [2.75, 3.05) is 5.75 Å². The molecule has 0 atom stereocenters. The number of halogens is 1. The van der Waals surface area contributed by atoms with Crippen molar-refractivity contribution in [3.05, 3.63) is 95.0 Å². The van der Waals surface area contributed by atoms with Gasteiger partial charge in [0.05, 0.1) is 0 Å². The summed E-state index contributed by atoms with van der Waals surface area (Å²) in [5.74, 6) is 1.82. The Labute approximate surface area is 180 Å². The van der Waals surface area contributed by atoms with Crippen LogP contribution in [0.25, 0.3) is 17.1 Å². The fourth-order valence-electron chi connectivity index (χ4n) is 3.16. The Kier molecular flexibility index (Phi) is 6.33. The fourth-order valence-corrected chi connectivity index (χ4v) is 4.18. The van der Waals surface area contributed by atoms with Crippen LogP contribution in [-0.2, 0) is 6.42 Å². The third kappa shape index (κ3) is 4.89. The first-order valence-corrected chi connectivity index (χ1v) is 11.0. The molecule has 4 rings (SSSR count). The van der Waals surface area contributed by atoms with Gasteiger partial charge in [-0.15, -0.1) is 10.2 Å². The van der Waals surface area contributed by atoms with Gasteiger partial charge in [-0.3, -0.25) is 4.57 Å². The number of hydrogen-bond donors (Lipinski definition) is 0. The highest BCUT2D eigenvalue weighted by Gasteiger charge is 2.16. The number of nitrogens with zero attached hydrogens (tertiary/aromatic N) is 3. The molecule has 0 saturated heterocycles. The van der Waals surface area contributed by atoms with E-state index in [1.54, 1.807) is 11.8 Å². The molecule has 0 spiro atoms. The highest BCUT2D eigenvalue weighted by molar-refractivity contribution is 7.99. The average Bonchev–Trinajstić information content (AvgIpc) is 3.17. The van der Waals surface area contributed by atoms with Gasteiger partial charge in [0.2, 0.25) is 0 Å². The number of benzene rings is 3. The van der Waals surface area contributed by atoms with E-state index < -0.39 is 0 Å². The van der Waals surface area contributed by atoms with Crippen molar-refractivity contribution >= 4 is 23.4 Å². The van der Waals surface area contributed by atoms with E-state index in [1.807, 2.05) is 24.3 Å². The van der Waals surface area contributed by atoms with Gasteiger partial charge in [-0.25, -0.2) is 0 Å². The van der Waals surface area contributed by atoms with E-state index in [-0.39, 0.29) is 0 Å². The van der Waals surface area contributed by atoms with Crippen LogP contribution < -0.4 is 0 Å². The van der Waals surface area contributed by atoms with E-state index in [2.05, 4.69) is 76.3 Å². The van der Waals surface area contributed by atoms with Crippen LogP contribution in [0.2, 0.25) is 5.02 Å². The number of thioether (sulfide) groups is 1. The van der Waals surface area contributed by atoms with Gasteiger partial charge in [-0.1, -0.05) is 71.4 Å². The van der Waals surface area contributed by atoms with Gasteiger partial charge in [-0.2, -0.15) is 0 Å². The zero-order valence-electron chi connectivity index (χ0n) is 16.3. The zero-order valence-corrected chi connectivity index (χ0v) is 17.8. The van der Waals surface area contributed by atoms with Gasteiger partial charge in [-0.05, 0) is 61.7 Å². The summed E-state index contributed by atoms with van der Waals surface area (Å²) in [5, 5.41) is 10.6. The topological polar surface area (TPSA) is 30.7 Å². The van der Waals surface area contributed by atoms with E-state index in [1.165, 1.54) is 11.1 Å². The maximum atomic E-state index is 6.07. The molecule has 29 heavy (non-hydrogen) atoms. The second-order valence-electron chi connectivity index (χ2n) is 6.92. The van der Waals surface area contributed by atoms with Crippen LogP contribution in [-0.4, -0.2) is 20.5 Å². The van der Waals surface area contributed by atoms with Crippen LogP contribution in [0.15, 0.2) is 84.0 Å². The minimum atomic E-state index is 0.714. The van der Waals surface area contributed by atoms with Crippen molar-refractivity contribution in [1.82, 2.24) is 14.8 Å². The average molecular weight is 420 g/mol. The Hall–Kier alpha value is -2.56. The van der Waals surface area contributed by atoms with Gasteiger partial charge in [0.25, 0.3) is 0 Å². The third-order valence-corrected chi connectivity index (χ3v) is 5.98. The van der Waals surface area contributed by atoms with Crippen molar-refractivity contribution in [3.63, 3.8) is 0 Å². The first-order chi connectivity index (χ1) is 14.2. The second-order valence-corrected chi connectivity index (χ2v) is 8.42. The lowest BCUT2D eigenvalue weighted by Gasteiger charge is -2.11. The maximum Gasteiger partial charge on any atom is 0.196 e. The molecule has 0 saturated carbocycles. The minimum Gasteiger partial charge on any atom is -0.270 e. The molecular formula is C24H22ClN3S. The van der Waals surface area contributed by atoms with Crippen LogP contribution in [0.3, 0.4) is 0 Å². The number of aryl methyl sites for hydroxylation is 2. The molecule has 0 aliphatic carbocycles. The first kappa shape index (κ1) is 19.7. The summed E-state index contributed by atoms with van der Waals surface area (Å²) < 4.78 is 2.13. The van der Waals surface area contributed by atoms with Gasteiger partial charge in [0.15, 0.2) is 11.0 Å². The van der Waals surface area contributed by atoms with Crippen LogP contribution in [0.5, 0.6) is 0 Å². The van der Waals surface area contributed by atoms with Crippen molar-refractivity contribution < 1.29 is 0 Å². The Morgan fingerprint density at radius 2 is 1.59 bits per heavy atom. The van der Waals surface area contributed by atoms with Gasteiger partial charge >= 0.3 is 0 Å². The largest absolute Gasteiger partial charge is 0.270 e. The molecule has 4 aromatic rings. The van der Waals surface area contributed by atoms with E-state index >= 15 is 0 Å². The van der Waals surface area contributed by atoms with Gasteiger partial charge in [0.1, 0.15) is 0 Å². The molecule has 5 heteroatoms. The Bertz CT molecular complexity index is 1060. The van der Waals surface area contributed by atoms with Crippen molar-refractivity contribution in [3.8, 4) is 17.1 Å². The van der Waals surface area contributed by atoms with E-state index in [0.29, 0.717) is 5.02 Å². The maximum absolute atomic E-state index is 6.07. The molecule has 0 unspecified atom stereocenters. The molecule has 146 valence electrons. The predicted octanol–water partition coefficient (Wildman–Crippen LogP) is 6.62. The van der Waals surface area contributed by atoms with Crippen molar-refractivity contribution in [2.24, 2.45) is 0 Å². The van der Waals surface area contributed by atoms with Crippen LogP contribution >= 0.6 is 23.4 Å². The zero-order chi connectivity index (χ0) is 20.1. The van der Waals surface area contributed by atoms with Crippen LogP contribution in [0, 0.1) is 6.92 Å². The minimum absolute atomic E-state index is 0.714. The van der Waals surface area contributed by atoms with E-state index in [4.69, 9.17) is 11.6 Å². The Balaban J connectivity index is 1.57. The number of rotatable bonds is 7. The summed E-state index contributed by atoms with van der Waals surface area (Å²) in [6, 6.07) is 26.8. The van der Waals surface area contributed by atoms with Crippen molar-refractivity contribution in [2.45, 2.75) is 24.9 Å². The number of aromatic nitrogens is 3. The molecule has 0 fully saturated rings. The van der Waals surface area contributed by atoms with Crippen molar-refractivity contribution in [1.29, 1.82) is 0 Å². The summed E-state index contributed by atoms with van der Waals surface area (Å²) in [5.41, 5.74) is 4.66. The predicted molar refractivity (Wildman–Crippen MR) is 122 cm³/mol. The number of hydrogen-bond acceptors (Lipinski definition) is 3. The third-order valence-electron chi connectivity index (χ3n) is 4.71. The van der Waals surface area contributed by atoms with E-state index in [9.17, 15) is 0 Å². The summed E-state index contributed by atoms with van der Waals surface area (Å²) >= 11 is 7.81. The van der Waals surface area contributed by atoms with Crippen LogP contribution in [0.1, 0.15) is 17.5 Å². The molecule has 1 aromatic heterocycles. The molecule has 3 nitrogen and oxygen atoms in total. The molecule has 0 aliphatic heterocycles. The highest BCUT2D eigenvalue weighted by atomic mass is 35.5. The summed E-state index contributed by atoms with van der Waals surface area (Å²) in [6.45, 7) is 2.09. The molecule has 3 aromatic carbocycles. The lowest BCUT2D eigenvalue weighted by molar-refractivity contribution is 0.875. The first-order valence-electron chi connectivity index (χ1n) is 9.66. The molecule has 0 amide bonds. The SMILES string of the molecule is Cc1ccc(-n2c(SCCCc3ccccc3)nnc2-c2ccc(Cl)cc2)cc1. The molecular weight excluding hydrogens is 398 g/mol. The summed E-state index contributed by atoms with van der Waals surface area (Å²) in [4.78, 5) is 0. The smallest absolute Gasteiger partial charge is 0.196 e. The molecule has 0 N–H and O–H groups in total.